The summed E-state index contributed by atoms with van der Waals surface area (Å²) < 4.78 is 0. The van der Waals surface area contributed by atoms with Crippen LogP contribution in [0.2, 0.25) is 5.02 Å². The summed E-state index contributed by atoms with van der Waals surface area (Å²) >= 11 is 9.11. The molecule has 16 heavy (non-hydrogen) atoms. The van der Waals surface area contributed by atoms with Crippen LogP contribution in [0.4, 0.5) is 5.69 Å². The molecule has 0 saturated carbocycles. The van der Waals surface area contributed by atoms with E-state index in [0.29, 0.717) is 23.7 Å². The highest BCUT2D eigenvalue weighted by molar-refractivity contribution is 9.10. The SMILES string of the molecule is O=C1CCN(c2ccccc2Cl)C(=O)C1Br. The number of hydrogen-bond acceptors (Lipinski definition) is 2. The lowest BCUT2D eigenvalue weighted by Crippen LogP contribution is -2.46. The van der Waals surface area contributed by atoms with Crippen molar-refractivity contribution in [3.8, 4) is 0 Å². The lowest BCUT2D eigenvalue weighted by Gasteiger charge is -2.29. The van der Waals surface area contributed by atoms with Crippen LogP contribution in [0.1, 0.15) is 6.42 Å². The molecule has 1 aromatic carbocycles. The van der Waals surface area contributed by atoms with Crippen LogP contribution in [0.15, 0.2) is 24.3 Å². The molecule has 1 saturated heterocycles. The van der Waals surface area contributed by atoms with Gasteiger partial charge in [-0.25, -0.2) is 0 Å². The molecule has 0 bridgehead atoms. The van der Waals surface area contributed by atoms with Gasteiger partial charge in [0, 0.05) is 13.0 Å². The van der Waals surface area contributed by atoms with Gasteiger partial charge in [0.1, 0.15) is 0 Å². The number of carbonyl (C=O) groups excluding carboxylic acids is 2. The van der Waals surface area contributed by atoms with E-state index in [1.54, 1.807) is 23.1 Å². The van der Waals surface area contributed by atoms with Gasteiger partial charge in [-0.3, -0.25) is 9.59 Å². The lowest BCUT2D eigenvalue weighted by atomic mass is 10.1. The number of carbonyl (C=O) groups is 2. The average Bonchev–Trinajstić information content (AvgIpc) is 2.28. The predicted molar refractivity (Wildman–Crippen MR) is 66.1 cm³/mol. The number of nitrogens with zero attached hydrogens (tertiary/aromatic N) is 1. The summed E-state index contributed by atoms with van der Waals surface area (Å²) in [7, 11) is 0. The van der Waals surface area contributed by atoms with Gasteiger partial charge in [0.25, 0.3) is 0 Å². The first-order chi connectivity index (χ1) is 7.61. The van der Waals surface area contributed by atoms with E-state index in [9.17, 15) is 9.59 Å². The quantitative estimate of drug-likeness (QED) is 0.590. The van der Waals surface area contributed by atoms with E-state index >= 15 is 0 Å². The summed E-state index contributed by atoms with van der Waals surface area (Å²) in [6.07, 6.45) is 0.354. The third-order valence-corrected chi connectivity index (χ3v) is 3.71. The highest BCUT2D eigenvalue weighted by Gasteiger charge is 2.34. The van der Waals surface area contributed by atoms with Crippen LogP contribution in [0, 0.1) is 0 Å². The molecule has 1 aliphatic heterocycles. The van der Waals surface area contributed by atoms with Gasteiger partial charge in [-0.05, 0) is 12.1 Å². The number of amides is 1. The number of anilines is 1. The molecule has 1 amide bonds. The second-order valence-electron chi connectivity index (χ2n) is 3.52. The van der Waals surface area contributed by atoms with Crippen LogP contribution in [0.5, 0.6) is 0 Å². The highest BCUT2D eigenvalue weighted by atomic mass is 79.9. The molecule has 1 aromatic rings. The van der Waals surface area contributed by atoms with Crippen molar-refractivity contribution in [1.82, 2.24) is 0 Å². The Bertz CT molecular complexity index is 449. The summed E-state index contributed by atoms with van der Waals surface area (Å²) in [5, 5.41) is 0.518. The molecule has 1 unspecified atom stereocenters. The minimum atomic E-state index is -0.738. The number of Topliss-reactive ketones (excluding diaryl/α,β-unsaturated/α-hetero) is 1. The zero-order chi connectivity index (χ0) is 11.7. The maximum Gasteiger partial charge on any atom is 0.248 e. The largest absolute Gasteiger partial charge is 0.309 e. The molecule has 0 aromatic heterocycles. The van der Waals surface area contributed by atoms with E-state index < -0.39 is 4.83 Å². The molecule has 1 atom stereocenters. The van der Waals surface area contributed by atoms with Crippen LogP contribution in [-0.2, 0) is 9.59 Å². The molecule has 0 aliphatic carbocycles. The summed E-state index contributed by atoms with van der Waals surface area (Å²) in [5.74, 6) is -0.322. The summed E-state index contributed by atoms with van der Waals surface area (Å²) in [6, 6.07) is 7.12. The molecule has 84 valence electrons. The Kier molecular flexibility index (Phi) is 3.30. The molecule has 3 nitrogen and oxygen atoms in total. The van der Waals surface area contributed by atoms with Crippen molar-refractivity contribution in [3.05, 3.63) is 29.3 Å². The summed E-state index contributed by atoms with van der Waals surface area (Å²) in [4.78, 5) is 24.0. The van der Waals surface area contributed by atoms with Gasteiger partial charge >= 0.3 is 0 Å². The van der Waals surface area contributed by atoms with Crippen LogP contribution < -0.4 is 4.90 Å². The monoisotopic (exact) mass is 301 g/mol. The maximum atomic E-state index is 11.9. The van der Waals surface area contributed by atoms with E-state index in [4.69, 9.17) is 11.6 Å². The fraction of sp³-hybridized carbons (Fsp3) is 0.273. The van der Waals surface area contributed by atoms with Gasteiger partial charge in [0.05, 0.1) is 10.7 Å². The van der Waals surface area contributed by atoms with E-state index in [1.165, 1.54) is 0 Å². The van der Waals surface area contributed by atoms with Crippen LogP contribution in [0.3, 0.4) is 0 Å². The minimum Gasteiger partial charge on any atom is -0.309 e. The van der Waals surface area contributed by atoms with Crippen molar-refractivity contribution in [1.29, 1.82) is 0 Å². The minimum absolute atomic E-state index is 0.0756. The topological polar surface area (TPSA) is 37.4 Å². The average molecular weight is 303 g/mol. The Morgan fingerprint density at radius 1 is 1.31 bits per heavy atom. The summed E-state index contributed by atoms with van der Waals surface area (Å²) in [5.41, 5.74) is 0.658. The van der Waals surface area contributed by atoms with E-state index in [-0.39, 0.29) is 11.7 Å². The molecule has 1 heterocycles. The number of rotatable bonds is 1. The zero-order valence-corrected chi connectivity index (χ0v) is 10.7. The van der Waals surface area contributed by atoms with Crippen LogP contribution in [-0.4, -0.2) is 23.1 Å². The fourth-order valence-electron chi connectivity index (χ4n) is 1.64. The molecule has 1 fully saturated rings. The van der Waals surface area contributed by atoms with Gasteiger partial charge < -0.3 is 4.90 Å². The second kappa shape index (κ2) is 4.55. The Hall–Kier alpha value is -0.870. The van der Waals surface area contributed by atoms with Crippen molar-refractivity contribution in [2.45, 2.75) is 11.2 Å². The summed E-state index contributed by atoms with van der Waals surface area (Å²) in [6.45, 7) is 0.392. The first-order valence-electron chi connectivity index (χ1n) is 4.84. The second-order valence-corrected chi connectivity index (χ2v) is 4.84. The van der Waals surface area contributed by atoms with Crippen molar-refractivity contribution in [2.24, 2.45) is 0 Å². The number of hydrogen-bond donors (Lipinski definition) is 0. The molecule has 1 aliphatic rings. The van der Waals surface area contributed by atoms with Gasteiger partial charge in [0.15, 0.2) is 10.6 Å². The van der Waals surface area contributed by atoms with E-state index in [0.717, 1.165) is 0 Å². The first kappa shape index (κ1) is 11.6. The van der Waals surface area contributed by atoms with Crippen molar-refractivity contribution >= 4 is 44.9 Å². The predicted octanol–water partition coefficient (Wildman–Crippen LogP) is 2.41. The molecular formula is C11H9BrClNO2. The first-order valence-corrected chi connectivity index (χ1v) is 6.13. The molecular weight excluding hydrogens is 293 g/mol. The van der Waals surface area contributed by atoms with Gasteiger partial charge in [0.2, 0.25) is 5.91 Å². The van der Waals surface area contributed by atoms with E-state index in [1.807, 2.05) is 6.07 Å². The molecule has 2 rings (SSSR count). The van der Waals surface area contributed by atoms with Gasteiger partial charge in [-0.15, -0.1) is 0 Å². The number of ketones is 1. The highest BCUT2D eigenvalue weighted by Crippen LogP contribution is 2.29. The Morgan fingerprint density at radius 3 is 2.69 bits per heavy atom. The Morgan fingerprint density at radius 2 is 2.00 bits per heavy atom. The smallest absolute Gasteiger partial charge is 0.248 e. The number of para-hydroxylation sites is 1. The number of piperidine rings is 1. The number of alkyl halides is 1. The normalized spacial score (nSPS) is 21.4. The fourth-order valence-corrected chi connectivity index (χ4v) is 2.36. The Balaban J connectivity index is 2.32. The number of halogens is 2. The third kappa shape index (κ3) is 1.99. The van der Waals surface area contributed by atoms with Crippen LogP contribution in [0.25, 0.3) is 0 Å². The third-order valence-electron chi connectivity index (χ3n) is 2.49. The molecule has 0 spiro atoms. The standard InChI is InChI=1S/C11H9BrClNO2/c12-10-9(15)5-6-14(11(10)16)8-4-2-1-3-7(8)13/h1-4,10H,5-6H2. The van der Waals surface area contributed by atoms with Crippen molar-refractivity contribution < 1.29 is 9.59 Å². The zero-order valence-electron chi connectivity index (χ0n) is 8.32. The molecule has 0 radical (unpaired) electrons. The van der Waals surface area contributed by atoms with Gasteiger partial charge in [-0.2, -0.15) is 0 Å². The Labute approximate surface area is 107 Å². The van der Waals surface area contributed by atoms with E-state index in [2.05, 4.69) is 15.9 Å². The maximum absolute atomic E-state index is 11.9. The lowest BCUT2D eigenvalue weighted by molar-refractivity contribution is -0.127. The molecule has 5 heteroatoms. The van der Waals surface area contributed by atoms with Crippen molar-refractivity contribution in [2.75, 3.05) is 11.4 Å². The number of benzene rings is 1. The molecule has 0 N–H and O–H groups in total. The van der Waals surface area contributed by atoms with Crippen LogP contribution >= 0.6 is 27.5 Å². The van der Waals surface area contributed by atoms with Gasteiger partial charge in [-0.1, -0.05) is 39.7 Å². The van der Waals surface area contributed by atoms with Crippen molar-refractivity contribution in [3.63, 3.8) is 0 Å².